The number of aromatic nitrogens is 1. The molecule has 1 unspecified atom stereocenters. The van der Waals surface area contributed by atoms with Gasteiger partial charge in [0.05, 0.1) is 5.38 Å². The first-order chi connectivity index (χ1) is 6.27. The van der Waals surface area contributed by atoms with E-state index in [0.717, 1.165) is 23.2 Å². The van der Waals surface area contributed by atoms with Gasteiger partial charge >= 0.3 is 0 Å². The molecule has 0 amide bonds. The first kappa shape index (κ1) is 9.15. The molecule has 1 aromatic rings. The van der Waals surface area contributed by atoms with Crippen LogP contribution in [-0.2, 0) is 0 Å². The van der Waals surface area contributed by atoms with Crippen molar-refractivity contribution in [3.8, 4) is 5.88 Å². The Balaban J connectivity index is 2.14. The zero-order chi connectivity index (χ0) is 9.26. The molecule has 0 radical (unpaired) electrons. The molecule has 1 aliphatic heterocycles. The smallest absolute Gasteiger partial charge is 0.223 e. The van der Waals surface area contributed by atoms with Crippen LogP contribution >= 0.6 is 23.1 Å². The monoisotopic (exact) mass is 216 g/mol. The molecule has 2 rings (SSSR count). The van der Waals surface area contributed by atoms with Gasteiger partial charge in [0, 0.05) is 24.1 Å². The summed E-state index contributed by atoms with van der Waals surface area (Å²) in [5.74, 6) is 2.45. The van der Waals surface area contributed by atoms with Gasteiger partial charge in [-0.05, 0) is 6.92 Å². The van der Waals surface area contributed by atoms with Gasteiger partial charge in [-0.3, -0.25) is 0 Å². The number of thiazole rings is 1. The normalized spacial score (nSPS) is 23.5. The highest BCUT2D eigenvalue weighted by Gasteiger charge is 2.21. The predicted octanol–water partition coefficient (Wildman–Crippen LogP) is 1.79. The van der Waals surface area contributed by atoms with E-state index in [4.69, 9.17) is 5.11 Å². The van der Waals surface area contributed by atoms with Gasteiger partial charge in [0.15, 0.2) is 5.13 Å². The topological polar surface area (TPSA) is 36.4 Å². The third-order valence-corrected chi connectivity index (χ3v) is 4.15. The summed E-state index contributed by atoms with van der Waals surface area (Å²) in [5.41, 5.74) is 0. The fourth-order valence-electron chi connectivity index (χ4n) is 1.40. The van der Waals surface area contributed by atoms with Crippen LogP contribution in [0.25, 0.3) is 0 Å². The summed E-state index contributed by atoms with van der Waals surface area (Å²) in [7, 11) is 0. The third kappa shape index (κ3) is 1.91. The summed E-state index contributed by atoms with van der Waals surface area (Å²) in [5, 5.41) is 11.8. The summed E-state index contributed by atoms with van der Waals surface area (Å²) < 4.78 is 0. The van der Waals surface area contributed by atoms with E-state index in [0.29, 0.717) is 6.04 Å². The lowest BCUT2D eigenvalue weighted by molar-refractivity contribution is 0.457. The molecule has 0 aromatic carbocycles. The molecule has 0 saturated carbocycles. The molecule has 1 aliphatic rings. The van der Waals surface area contributed by atoms with Gasteiger partial charge < -0.3 is 10.0 Å². The van der Waals surface area contributed by atoms with Gasteiger partial charge in [0.2, 0.25) is 5.88 Å². The number of nitrogens with zero attached hydrogens (tertiary/aromatic N) is 2. The molecule has 72 valence electrons. The number of hydrogen-bond acceptors (Lipinski definition) is 5. The number of aromatic hydroxyl groups is 1. The van der Waals surface area contributed by atoms with Crippen molar-refractivity contribution in [3.05, 3.63) is 5.38 Å². The van der Waals surface area contributed by atoms with E-state index in [1.54, 1.807) is 5.38 Å². The summed E-state index contributed by atoms with van der Waals surface area (Å²) in [6.45, 7) is 3.24. The number of thioether (sulfide) groups is 1. The molecule has 0 aliphatic carbocycles. The minimum absolute atomic E-state index is 0.144. The van der Waals surface area contributed by atoms with Gasteiger partial charge in [0.1, 0.15) is 0 Å². The van der Waals surface area contributed by atoms with Crippen LogP contribution in [0.3, 0.4) is 0 Å². The molecule has 1 aromatic heterocycles. The van der Waals surface area contributed by atoms with Crippen molar-refractivity contribution in [2.75, 3.05) is 23.0 Å². The Bertz CT molecular complexity index is 289. The number of rotatable bonds is 1. The van der Waals surface area contributed by atoms with Crippen molar-refractivity contribution >= 4 is 28.2 Å². The van der Waals surface area contributed by atoms with Gasteiger partial charge in [-0.25, -0.2) is 0 Å². The van der Waals surface area contributed by atoms with E-state index in [-0.39, 0.29) is 5.88 Å². The first-order valence-electron chi connectivity index (χ1n) is 4.26. The highest BCUT2D eigenvalue weighted by Crippen LogP contribution is 2.28. The maximum absolute atomic E-state index is 9.14. The van der Waals surface area contributed by atoms with Gasteiger partial charge in [0.25, 0.3) is 0 Å². The average Bonchev–Trinajstić information content (AvgIpc) is 2.53. The van der Waals surface area contributed by atoms with Gasteiger partial charge in [-0.15, -0.1) is 11.3 Å². The van der Waals surface area contributed by atoms with Crippen molar-refractivity contribution in [1.29, 1.82) is 0 Å². The zero-order valence-corrected chi connectivity index (χ0v) is 9.07. The van der Waals surface area contributed by atoms with Crippen LogP contribution in [0.1, 0.15) is 6.92 Å². The second kappa shape index (κ2) is 3.75. The molecule has 5 heteroatoms. The molecular formula is C8H12N2OS2. The zero-order valence-electron chi connectivity index (χ0n) is 7.43. The average molecular weight is 216 g/mol. The molecule has 1 atom stereocenters. The highest BCUT2D eigenvalue weighted by molar-refractivity contribution is 7.99. The van der Waals surface area contributed by atoms with E-state index in [9.17, 15) is 0 Å². The predicted molar refractivity (Wildman–Crippen MR) is 57.9 cm³/mol. The van der Waals surface area contributed by atoms with E-state index in [1.165, 1.54) is 11.3 Å². The van der Waals surface area contributed by atoms with Crippen molar-refractivity contribution in [2.45, 2.75) is 13.0 Å². The summed E-state index contributed by atoms with van der Waals surface area (Å²) in [6.07, 6.45) is 0. The Labute approximate surface area is 85.8 Å². The van der Waals surface area contributed by atoms with Gasteiger partial charge in [-0.1, -0.05) is 0 Å². The van der Waals surface area contributed by atoms with Crippen LogP contribution in [-0.4, -0.2) is 34.2 Å². The maximum atomic E-state index is 9.14. The minimum Gasteiger partial charge on any atom is -0.493 e. The Morgan fingerprint density at radius 2 is 2.54 bits per heavy atom. The van der Waals surface area contributed by atoms with E-state index < -0.39 is 0 Å². The van der Waals surface area contributed by atoms with Crippen molar-refractivity contribution in [3.63, 3.8) is 0 Å². The standard InChI is InChI=1S/C8H12N2OS2/c1-6-4-12-3-2-10(6)8-9-7(11)5-13-8/h5-6,11H,2-4H2,1H3. The van der Waals surface area contributed by atoms with Crippen molar-refractivity contribution in [1.82, 2.24) is 4.98 Å². The molecule has 3 nitrogen and oxygen atoms in total. The molecule has 13 heavy (non-hydrogen) atoms. The van der Waals surface area contributed by atoms with Crippen LogP contribution in [0.4, 0.5) is 5.13 Å². The third-order valence-electron chi connectivity index (χ3n) is 2.09. The fourth-order valence-corrected chi connectivity index (χ4v) is 3.23. The molecule has 1 fully saturated rings. The Hall–Kier alpha value is -0.420. The molecule has 0 spiro atoms. The largest absolute Gasteiger partial charge is 0.493 e. The number of hydrogen-bond donors (Lipinski definition) is 1. The molecule has 1 saturated heterocycles. The molecule has 2 heterocycles. The van der Waals surface area contributed by atoms with E-state index in [2.05, 4.69) is 16.8 Å². The lowest BCUT2D eigenvalue weighted by atomic mass is 10.3. The lowest BCUT2D eigenvalue weighted by Gasteiger charge is -2.32. The van der Waals surface area contributed by atoms with E-state index >= 15 is 0 Å². The Morgan fingerprint density at radius 3 is 3.15 bits per heavy atom. The van der Waals surface area contributed by atoms with Crippen LogP contribution < -0.4 is 4.90 Å². The molecule has 0 bridgehead atoms. The summed E-state index contributed by atoms with van der Waals surface area (Å²) in [4.78, 5) is 6.34. The van der Waals surface area contributed by atoms with Crippen LogP contribution in [0.15, 0.2) is 5.38 Å². The highest BCUT2D eigenvalue weighted by atomic mass is 32.2. The minimum atomic E-state index is 0.144. The second-order valence-corrected chi connectivity index (χ2v) is 5.09. The lowest BCUT2D eigenvalue weighted by Crippen LogP contribution is -2.40. The van der Waals surface area contributed by atoms with Crippen LogP contribution in [0, 0.1) is 0 Å². The first-order valence-corrected chi connectivity index (χ1v) is 6.29. The number of anilines is 1. The maximum Gasteiger partial charge on any atom is 0.223 e. The van der Waals surface area contributed by atoms with Crippen molar-refractivity contribution in [2.24, 2.45) is 0 Å². The van der Waals surface area contributed by atoms with Gasteiger partial charge in [-0.2, -0.15) is 16.7 Å². The Morgan fingerprint density at radius 1 is 1.69 bits per heavy atom. The Kier molecular flexibility index (Phi) is 2.64. The molecule has 1 N–H and O–H groups in total. The van der Waals surface area contributed by atoms with Crippen LogP contribution in [0.2, 0.25) is 0 Å². The fraction of sp³-hybridized carbons (Fsp3) is 0.625. The summed E-state index contributed by atoms with van der Waals surface area (Å²) in [6, 6.07) is 0.532. The summed E-state index contributed by atoms with van der Waals surface area (Å²) >= 11 is 3.50. The van der Waals surface area contributed by atoms with E-state index in [1.807, 2.05) is 11.8 Å². The van der Waals surface area contributed by atoms with Crippen molar-refractivity contribution < 1.29 is 5.11 Å². The SMILES string of the molecule is CC1CSCCN1c1nc(O)cs1. The quantitative estimate of drug-likeness (QED) is 0.776. The van der Waals surface area contributed by atoms with Crippen LogP contribution in [0.5, 0.6) is 5.88 Å². The molecular weight excluding hydrogens is 204 g/mol. The second-order valence-electron chi connectivity index (χ2n) is 3.11.